The Balaban J connectivity index is 1.93. The molecule has 0 aliphatic carbocycles. The number of carbonyl (C=O) groups excluding carboxylic acids is 1. The summed E-state index contributed by atoms with van der Waals surface area (Å²) in [6.07, 6.45) is 4.95. The van der Waals surface area contributed by atoms with E-state index in [1.165, 1.54) is 0 Å². The van der Waals surface area contributed by atoms with Gasteiger partial charge in [-0.25, -0.2) is 0 Å². The molecule has 3 heterocycles. The molecule has 2 aromatic rings. The number of aromatic nitrogens is 4. The first-order valence-electron chi connectivity index (χ1n) is 7.40. The zero-order chi connectivity index (χ0) is 15.0. The molecule has 0 radical (unpaired) electrons. The van der Waals surface area contributed by atoms with Gasteiger partial charge in [0.1, 0.15) is 0 Å². The summed E-state index contributed by atoms with van der Waals surface area (Å²) in [7, 11) is 1.93. The largest absolute Gasteiger partial charge is 0.329 e. The summed E-state index contributed by atoms with van der Waals surface area (Å²) in [4.78, 5) is 14.8. The summed E-state index contributed by atoms with van der Waals surface area (Å²) in [5, 5.41) is 11.3. The molecule has 1 saturated heterocycles. The minimum Gasteiger partial charge on any atom is -0.329 e. The highest BCUT2D eigenvalue weighted by atomic mass is 16.2. The van der Waals surface area contributed by atoms with Gasteiger partial charge < -0.3 is 4.90 Å². The van der Waals surface area contributed by atoms with Crippen LogP contribution in [0, 0.1) is 13.8 Å². The molecule has 3 rings (SSSR count). The second kappa shape index (κ2) is 5.35. The molecule has 0 spiro atoms. The Kier molecular flexibility index (Phi) is 3.53. The first-order valence-corrected chi connectivity index (χ1v) is 7.40. The normalized spacial score (nSPS) is 19.0. The van der Waals surface area contributed by atoms with E-state index in [0.29, 0.717) is 5.69 Å². The van der Waals surface area contributed by atoms with Crippen LogP contribution in [0.1, 0.15) is 52.7 Å². The number of piperidine rings is 1. The monoisotopic (exact) mass is 287 g/mol. The zero-order valence-electron chi connectivity index (χ0n) is 12.8. The maximum Gasteiger partial charge on any atom is 0.275 e. The lowest BCUT2D eigenvalue weighted by molar-refractivity contribution is 0.0594. The van der Waals surface area contributed by atoms with Gasteiger partial charge in [0, 0.05) is 31.0 Å². The van der Waals surface area contributed by atoms with E-state index in [9.17, 15) is 4.79 Å². The van der Waals surface area contributed by atoms with Crippen molar-refractivity contribution in [2.24, 2.45) is 7.05 Å². The molecule has 1 amide bonds. The average molecular weight is 287 g/mol. The fraction of sp³-hybridized carbons (Fsp3) is 0.533. The summed E-state index contributed by atoms with van der Waals surface area (Å²) in [5.41, 5.74) is 3.52. The van der Waals surface area contributed by atoms with Crippen LogP contribution >= 0.6 is 0 Å². The van der Waals surface area contributed by atoms with Crippen LogP contribution in [0.25, 0.3) is 0 Å². The van der Waals surface area contributed by atoms with E-state index in [-0.39, 0.29) is 11.9 Å². The summed E-state index contributed by atoms with van der Waals surface area (Å²) in [6.45, 7) is 4.66. The summed E-state index contributed by atoms with van der Waals surface area (Å²) in [5.74, 6) is 0.0164. The number of aryl methyl sites for hydroxylation is 2. The van der Waals surface area contributed by atoms with E-state index in [1.807, 2.05) is 36.5 Å². The topological polar surface area (TPSA) is 66.8 Å². The maximum atomic E-state index is 12.9. The predicted molar refractivity (Wildman–Crippen MR) is 78.9 cm³/mol. The van der Waals surface area contributed by atoms with Crippen molar-refractivity contribution >= 4 is 5.91 Å². The van der Waals surface area contributed by atoms with E-state index in [4.69, 9.17) is 0 Å². The number of hydrogen-bond acceptors (Lipinski definition) is 3. The number of nitrogens with zero attached hydrogens (tertiary/aromatic N) is 4. The smallest absolute Gasteiger partial charge is 0.275 e. The van der Waals surface area contributed by atoms with Crippen LogP contribution in [0.5, 0.6) is 0 Å². The number of carbonyl (C=O) groups is 1. The van der Waals surface area contributed by atoms with Crippen molar-refractivity contribution in [1.29, 1.82) is 0 Å². The van der Waals surface area contributed by atoms with Crippen molar-refractivity contribution in [1.82, 2.24) is 24.9 Å². The molecule has 21 heavy (non-hydrogen) atoms. The second-order valence-corrected chi connectivity index (χ2v) is 5.71. The molecule has 2 aromatic heterocycles. The average Bonchev–Trinajstić information content (AvgIpc) is 3.05. The molecule has 1 atom stereocenters. The van der Waals surface area contributed by atoms with Gasteiger partial charge in [-0.15, -0.1) is 0 Å². The highest BCUT2D eigenvalue weighted by Gasteiger charge is 2.32. The Bertz CT molecular complexity index is 657. The van der Waals surface area contributed by atoms with Crippen LogP contribution in [0.3, 0.4) is 0 Å². The van der Waals surface area contributed by atoms with Gasteiger partial charge >= 0.3 is 0 Å². The molecule has 112 valence electrons. The van der Waals surface area contributed by atoms with E-state index >= 15 is 0 Å². The number of amides is 1. The fourth-order valence-electron chi connectivity index (χ4n) is 3.02. The van der Waals surface area contributed by atoms with Gasteiger partial charge in [-0.1, -0.05) is 0 Å². The first-order chi connectivity index (χ1) is 10.1. The lowest BCUT2D eigenvalue weighted by Crippen LogP contribution is -2.39. The van der Waals surface area contributed by atoms with Gasteiger partial charge in [-0.05, 0) is 39.2 Å². The van der Waals surface area contributed by atoms with Crippen LogP contribution < -0.4 is 0 Å². The highest BCUT2D eigenvalue weighted by Crippen LogP contribution is 2.32. The molecular formula is C15H21N5O. The van der Waals surface area contributed by atoms with Crippen molar-refractivity contribution < 1.29 is 4.79 Å². The molecule has 1 N–H and O–H groups in total. The third-order valence-corrected chi connectivity index (χ3v) is 4.42. The van der Waals surface area contributed by atoms with Gasteiger partial charge in [-0.2, -0.15) is 10.2 Å². The number of hydrogen-bond donors (Lipinski definition) is 1. The van der Waals surface area contributed by atoms with Crippen molar-refractivity contribution in [3.63, 3.8) is 0 Å². The van der Waals surface area contributed by atoms with Gasteiger partial charge in [-0.3, -0.25) is 14.6 Å². The Labute approximate surface area is 124 Å². The van der Waals surface area contributed by atoms with Gasteiger partial charge in [0.2, 0.25) is 0 Å². The predicted octanol–water partition coefficient (Wildman–Crippen LogP) is 2.13. The van der Waals surface area contributed by atoms with Crippen LogP contribution in [0.15, 0.2) is 12.3 Å². The number of likely N-dealkylation sites (tertiary alicyclic amines) is 1. The minimum absolute atomic E-state index is 0.0164. The molecule has 0 aromatic carbocycles. The quantitative estimate of drug-likeness (QED) is 0.920. The Hall–Kier alpha value is -2.11. The SMILES string of the molecule is Cc1[nH]nc(C(=O)N2CCCC[C@H]2c2ccnn2C)c1C. The molecule has 0 saturated carbocycles. The van der Waals surface area contributed by atoms with E-state index in [2.05, 4.69) is 15.3 Å². The first kappa shape index (κ1) is 13.9. The standard InChI is InChI=1S/C15H21N5O/c1-10-11(2)17-18-14(10)15(21)20-9-5-4-6-13(20)12-7-8-16-19(12)3/h7-8,13H,4-6,9H2,1-3H3,(H,17,18)/t13-/m0/s1. The molecule has 0 bridgehead atoms. The third-order valence-electron chi connectivity index (χ3n) is 4.42. The number of aromatic amines is 1. The number of H-pyrrole nitrogens is 1. The molecular weight excluding hydrogens is 266 g/mol. The van der Waals surface area contributed by atoms with Crippen LogP contribution in [0.2, 0.25) is 0 Å². The maximum absolute atomic E-state index is 12.9. The van der Waals surface area contributed by atoms with Crippen LogP contribution in [0.4, 0.5) is 0 Å². The van der Waals surface area contributed by atoms with E-state index in [1.54, 1.807) is 6.20 Å². The molecule has 1 fully saturated rings. The zero-order valence-corrected chi connectivity index (χ0v) is 12.8. The van der Waals surface area contributed by atoms with Crippen LogP contribution in [-0.2, 0) is 7.05 Å². The minimum atomic E-state index is 0.0164. The highest BCUT2D eigenvalue weighted by molar-refractivity contribution is 5.94. The fourth-order valence-corrected chi connectivity index (χ4v) is 3.02. The number of rotatable bonds is 2. The van der Waals surface area contributed by atoms with Gasteiger partial charge in [0.25, 0.3) is 5.91 Å². The summed E-state index contributed by atoms with van der Waals surface area (Å²) >= 11 is 0. The van der Waals surface area contributed by atoms with Gasteiger partial charge in [0.05, 0.1) is 11.7 Å². The summed E-state index contributed by atoms with van der Waals surface area (Å²) < 4.78 is 1.86. The number of nitrogens with one attached hydrogen (secondary N) is 1. The Morgan fingerprint density at radius 1 is 1.38 bits per heavy atom. The van der Waals surface area contributed by atoms with Crippen molar-refractivity contribution in [2.45, 2.75) is 39.2 Å². The second-order valence-electron chi connectivity index (χ2n) is 5.71. The molecule has 1 aliphatic heterocycles. The van der Waals surface area contributed by atoms with Crippen molar-refractivity contribution in [3.05, 3.63) is 34.9 Å². The Morgan fingerprint density at radius 2 is 2.19 bits per heavy atom. The Morgan fingerprint density at radius 3 is 2.81 bits per heavy atom. The molecule has 0 unspecified atom stereocenters. The third kappa shape index (κ3) is 2.34. The van der Waals surface area contributed by atoms with E-state index < -0.39 is 0 Å². The van der Waals surface area contributed by atoms with Crippen molar-refractivity contribution in [2.75, 3.05) is 6.54 Å². The van der Waals surface area contributed by atoms with E-state index in [0.717, 1.165) is 42.8 Å². The molecule has 6 heteroatoms. The molecule has 6 nitrogen and oxygen atoms in total. The lowest BCUT2D eigenvalue weighted by atomic mass is 9.98. The van der Waals surface area contributed by atoms with Gasteiger partial charge in [0.15, 0.2) is 5.69 Å². The summed E-state index contributed by atoms with van der Waals surface area (Å²) in [6, 6.07) is 2.09. The lowest BCUT2D eigenvalue weighted by Gasteiger charge is -2.35. The van der Waals surface area contributed by atoms with Crippen LogP contribution in [-0.4, -0.2) is 37.3 Å². The molecule has 1 aliphatic rings. The van der Waals surface area contributed by atoms with Crippen molar-refractivity contribution in [3.8, 4) is 0 Å².